The second-order valence-corrected chi connectivity index (χ2v) is 5.00. The van der Waals surface area contributed by atoms with Crippen LogP contribution in [0.1, 0.15) is 27.2 Å². The van der Waals surface area contributed by atoms with Gasteiger partial charge in [-0.15, -0.1) is 0 Å². The van der Waals surface area contributed by atoms with Crippen molar-refractivity contribution in [1.82, 2.24) is 4.98 Å². The number of rotatable bonds is 6. The molecule has 3 heteroatoms. The second-order valence-electron chi connectivity index (χ2n) is 5.00. The molecule has 0 saturated carbocycles. The molecule has 0 fully saturated rings. The zero-order valence-corrected chi connectivity index (χ0v) is 10.6. The lowest BCUT2D eigenvalue weighted by molar-refractivity contribution is 0.377. The van der Waals surface area contributed by atoms with E-state index in [1.165, 1.54) is 5.69 Å². The molecule has 1 heterocycles. The first kappa shape index (κ1) is 13.0. The highest BCUT2D eigenvalue weighted by molar-refractivity contribution is 5.44. The van der Waals surface area contributed by atoms with E-state index >= 15 is 0 Å². The Kier molecular flexibility index (Phi) is 4.74. The summed E-state index contributed by atoms with van der Waals surface area (Å²) in [6, 6.07) is 4.12. The fourth-order valence-electron chi connectivity index (χ4n) is 1.71. The van der Waals surface area contributed by atoms with Crippen LogP contribution in [0.25, 0.3) is 0 Å². The van der Waals surface area contributed by atoms with E-state index in [-0.39, 0.29) is 5.41 Å². The van der Waals surface area contributed by atoms with Gasteiger partial charge in [0.25, 0.3) is 0 Å². The van der Waals surface area contributed by atoms with Crippen LogP contribution < -0.4 is 10.6 Å². The van der Waals surface area contributed by atoms with Gasteiger partial charge in [0, 0.05) is 31.2 Å². The molecular formula is C13H23N3. The minimum absolute atomic E-state index is 0.151. The molecule has 0 spiro atoms. The minimum atomic E-state index is 0.151. The van der Waals surface area contributed by atoms with E-state index in [2.05, 4.69) is 42.8 Å². The van der Waals surface area contributed by atoms with Crippen LogP contribution in [0.15, 0.2) is 24.5 Å². The molecule has 1 aromatic rings. The molecule has 0 unspecified atom stereocenters. The third-order valence-corrected chi connectivity index (χ3v) is 2.69. The Morgan fingerprint density at radius 1 is 1.31 bits per heavy atom. The third kappa shape index (κ3) is 3.81. The predicted octanol–water partition coefficient (Wildman–Crippen LogP) is 2.28. The van der Waals surface area contributed by atoms with Crippen molar-refractivity contribution in [3.05, 3.63) is 24.5 Å². The van der Waals surface area contributed by atoms with Gasteiger partial charge in [0.05, 0.1) is 0 Å². The Bertz CT molecular complexity index is 295. The van der Waals surface area contributed by atoms with Gasteiger partial charge in [-0.2, -0.15) is 0 Å². The summed E-state index contributed by atoms with van der Waals surface area (Å²) in [5.41, 5.74) is 7.18. The summed E-state index contributed by atoms with van der Waals surface area (Å²) in [6.07, 6.45) is 4.82. The largest absolute Gasteiger partial charge is 0.371 e. The molecule has 3 nitrogen and oxygen atoms in total. The van der Waals surface area contributed by atoms with Crippen LogP contribution in [0.3, 0.4) is 0 Å². The quantitative estimate of drug-likeness (QED) is 0.801. The van der Waals surface area contributed by atoms with E-state index < -0.39 is 0 Å². The molecule has 90 valence electrons. The summed E-state index contributed by atoms with van der Waals surface area (Å²) in [4.78, 5) is 6.44. The molecule has 2 N–H and O–H groups in total. The number of nitrogens with zero attached hydrogens (tertiary/aromatic N) is 2. The van der Waals surface area contributed by atoms with Gasteiger partial charge in [-0.05, 0) is 30.5 Å². The smallest absolute Gasteiger partial charge is 0.0397 e. The van der Waals surface area contributed by atoms with E-state index in [0.29, 0.717) is 6.54 Å². The lowest BCUT2D eigenvalue weighted by Gasteiger charge is -2.33. The highest BCUT2D eigenvalue weighted by Crippen LogP contribution is 2.20. The standard InChI is InChI=1S/C13H23N3/c1-4-9-16(11-13(2,3)10-14)12-5-7-15-8-6-12/h5-8H,4,9-11,14H2,1-3H3. The molecule has 1 rings (SSSR count). The molecular weight excluding hydrogens is 198 g/mol. The Morgan fingerprint density at radius 2 is 1.94 bits per heavy atom. The van der Waals surface area contributed by atoms with Crippen LogP contribution >= 0.6 is 0 Å². The van der Waals surface area contributed by atoms with Gasteiger partial charge in [0.2, 0.25) is 0 Å². The van der Waals surface area contributed by atoms with E-state index in [1.807, 2.05) is 12.4 Å². The van der Waals surface area contributed by atoms with E-state index in [0.717, 1.165) is 19.5 Å². The summed E-state index contributed by atoms with van der Waals surface area (Å²) in [5, 5.41) is 0. The van der Waals surface area contributed by atoms with Crippen LogP contribution in [0.4, 0.5) is 5.69 Å². The van der Waals surface area contributed by atoms with Crippen molar-refractivity contribution in [3.63, 3.8) is 0 Å². The monoisotopic (exact) mass is 221 g/mol. The number of pyridine rings is 1. The highest BCUT2D eigenvalue weighted by Gasteiger charge is 2.19. The Hall–Kier alpha value is -1.09. The molecule has 0 aliphatic carbocycles. The highest BCUT2D eigenvalue weighted by atomic mass is 15.1. The van der Waals surface area contributed by atoms with Crippen molar-refractivity contribution >= 4 is 5.69 Å². The maximum absolute atomic E-state index is 5.79. The van der Waals surface area contributed by atoms with Gasteiger partial charge in [-0.25, -0.2) is 0 Å². The fourth-order valence-corrected chi connectivity index (χ4v) is 1.71. The second kappa shape index (κ2) is 5.85. The molecule has 0 aromatic carbocycles. The van der Waals surface area contributed by atoms with Crippen molar-refractivity contribution in [1.29, 1.82) is 0 Å². The van der Waals surface area contributed by atoms with Gasteiger partial charge < -0.3 is 10.6 Å². The van der Waals surface area contributed by atoms with Crippen LogP contribution in [-0.4, -0.2) is 24.6 Å². The van der Waals surface area contributed by atoms with Crippen molar-refractivity contribution in [2.75, 3.05) is 24.5 Å². The molecule has 1 aromatic heterocycles. The number of hydrogen-bond acceptors (Lipinski definition) is 3. The first-order valence-electron chi connectivity index (χ1n) is 5.94. The molecule has 0 saturated heterocycles. The van der Waals surface area contributed by atoms with Crippen LogP contribution in [0.2, 0.25) is 0 Å². The lowest BCUT2D eigenvalue weighted by Crippen LogP contribution is -2.39. The van der Waals surface area contributed by atoms with Gasteiger partial charge in [0.15, 0.2) is 0 Å². The summed E-state index contributed by atoms with van der Waals surface area (Å²) < 4.78 is 0. The number of hydrogen-bond donors (Lipinski definition) is 1. The number of nitrogens with two attached hydrogens (primary N) is 1. The van der Waals surface area contributed by atoms with Crippen LogP contribution in [-0.2, 0) is 0 Å². The SMILES string of the molecule is CCCN(CC(C)(C)CN)c1ccncc1. The van der Waals surface area contributed by atoms with Crippen molar-refractivity contribution < 1.29 is 0 Å². The van der Waals surface area contributed by atoms with Gasteiger partial charge in [-0.3, -0.25) is 4.98 Å². The van der Waals surface area contributed by atoms with Crippen molar-refractivity contribution in [3.8, 4) is 0 Å². The first-order valence-corrected chi connectivity index (χ1v) is 5.94. The number of anilines is 1. The predicted molar refractivity (Wildman–Crippen MR) is 69.6 cm³/mol. The third-order valence-electron chi connectivity index (χ3n) is 2.69. The summed E-state index contributed by atoms with van der Waals surface area (Å²) in [5.74, 6) is 0. The molecule has 0 atom stereocenters. The summed E-state index contributed by atoms with van der Waals surface area (Å²) in [7, 11) is 0. The van der Waals surface area contributed by atoms with Crippen molar-refractivity contribution in [2.24, 2.45) is 11.1 Å². The summed E-state index contributed by atoms with van der Waals surface area (Å²) >= 11 is 0. The van der Waals surface area contributed by atoms with Crippen LogP contribution in [0.5, 0.6) is 0 Å². The zero-order chi connectivity index (χ0) is 12.0. The van der Waals surface area contributed by atoms with E-state index in [4.69, 9.17) is 5.73 Å². The molecule has 0 bridgehead atoms. The normalized spacial score (nSPS) is 11.5. The van der Waals surface area contributed by atoms with Gasteiger partial charge >= 0.3 is 0 Å². The van der Waals surface area contributed by atoms with E-state index in [1.54, 1.807) is 0 Å². The van der Waals surface area contributed by atoms with Crippen LogP contribution in [0, 0.1) is 5.41 Å². The molecule has 0 aliphatic heterocycles. The molecule has 0 amide bonds. The first-order chi connectivity index (χ1) is 7.59. The van der Waals surface area contributed by atoms with E-state index in [9.17, 15) is 0 Å². The maximum atomic E-state index is 5.79. The minimum Gasteiger partial charge on any atom is -0.371 e. The average molecular weight is 221 g/mol. The maximum Gasteiger partial charge on any atom is 0.0397 e. The number of aromatic nitrogens is 1. The van der Waals surface area contributed by atoms with Gasteiger partial charge in [0.1, 0.15) is 0 Å². The molecule has 16 heavy (non-hydrogen) atoms. The lowest BCUT2D eigenvalue weighted by atomic mass is 9.93. The Labute approximate surface area is 98.7 Å². The zero-order valence-electron chi connectivity index (χ0n) is 10.6. The summed E-state index contributed by atoms with van der Waals surface area (Å²) in [6.45, 7) is 9.37. The average Bonchev–Trinajstić information content (AvgIpc) is 2.29. The van der Waals surface area contributed by atoms with Crippen molar-refractivity contribution in [2.45, 2.75) is 27.2 Å². The van der Waals surface area contributed by atoms with Gasteiger partial charge in [-0.1, -0.05) is 20.8 Å². The Balaban J connectivity index is 2.76. The topological polar surface area (TPSA) is 42.1 Å². The molecule has 0 aliphatic rings. The molecule has 0 radical (unpaired) electrons. The Morgan fingerprint density at radius 3 is 2.44 bits per heavy atom. The fraction of sp³-hybridized carbons (Fsp3) is 0.615.